The molecule has 0 aromatic carbocycles. The van der Waals surface area contributed by atoms with E-state index < -0.39 is 0 Å². The van der Waals surface area contributed by atoms with Crippen molar-refractivity contribution in [2.24, 2.45) is 0 Å². The van der Waals surface area contributed by atoms with Crippen molar-refractivity contribution in [1.29, 1.82) is 0 Å². The van der Waals surface area contributed by atoms with Crippen molar-refractivity contribution < 1.29 is 13.6 Å². The van der Waals surface area contributed by atoms with Gasteiger partial charge in [0.15, 0.2) is 11.5 Å². The van der Waals surface area contributed by atoms with E-state index in [9.17, 15) is 4.79 Å². The van der Waals surface area contributed by atoms with Crippen LogP contribution in [0.15, 0.2) is 45.4 Å². The van der Waals surface area contributed by atoms with E-state index in [1.165, 1.54) is 0 Å². The highest BCUT2D eigenvalue weighted by molar-refractivity contribution is 5.93. The van der Waals surface area contributed by atoms with Crippen LogP contribution in [-0.2, 0) is 0 Å². The van der Waals surface area contributed by atoms with Crippen LogP contribution < -0.4 is 5.32 Å². The average molecular weight is 285 g/mol. The Morgan fingerprint density at radius 2 is 2.24 bits per heavy atom. The lowest BCUT2D eigenvalue weighted by atomic mass is 10.2. The summed E-state index contributed by atoms with van der Waals surface area (Å²) in [5, 5.41) is 9.61. The molecule has 0 saturated heterocycles. The molecule has 0 aliphatic rings. The number of H-pyrrole nitrogens is 1. The van der Waals surface area contributed by atoms with Crippen molar-refractivity contribution in [1.82, 2.24) is 15.5 Å². The van der Waals surface area contributed by atoms with Gasteiger partial charge in [0.05, 0.1) is 12.3 Å². The number of carbonyl (C=O) groups excluding carboxylic acids is 1. The van der Waals surface area contributed by atoms with E-state index in [0.29, 0.717) is 22.9 Å². The number of aryl methyl sites for hydroxylation is 1. The van der Waals surface area contributed by atoms with E-state index in [1.807, 2.05) is 26.0 Å². The van der Waals surface area contributed by atoms with Gasteiger partial charge in [-0.25, -0.2) is 0 Å². The second kappa shape index (κ2) is 5.32. The number of furan rings is 2. The summed E-state index contributed by atoms with van der Waals surface area (Å²) in [6, 6.07) is 8.70. The van der Waals surface area contributed by atoms with Crippen LogP contribution in [-0.4, -0.2) is 16.1 Å². The zero-order chi connectivity index (χ0) is 14.8. The van der Waals surface area contributed by atoms with Crippen molar-refractivity contribution in [3.63, 3.8) is 0 Å². The number of hydrogen-bond acceptors (Lipinski definition) is 4. The maximum Gasteiger partial charge on any atom is 0.272 e. The third-order valence-electron chi connectivity index (χ3n) is 3.13. The number of nitrogens with one attached hydrogen (secondary N) is 2. The van der Waals surface area contributed by atoms with Crippen molar-refractivity contribution >= 4 is 5.91 Å². The second-order valence-corrected chi connectivity index (χ2v) is 4.79. The van der Waals surface area contributed by atoms with Crippen LogP contribution in [0.25, 0.3) is 11.5 Å². The van der Waals surface area contributed by atoms with E-state index in [4.69, 9.17) is 8.83 Å². The van der Waals surface area contributed by atoms with Crippen LogP contribution >= 0.6 is 0 Å². The third kappa shape index (κ3) is 2.74. The molecule has 6 heteroatoms. The lowest BCUT2D eigenvalue weighted by Crippen LogP contribution is -2.26. The van der Waals surface area contributed by atoms with E-state index in [2.05, 4.69) is 15.5 Å². The largest absolute Gasteiger partial charge is 0.464 e. The van der Waals surface area contributed by atoms with Gasteiger partial charge in [-0.2, -0.15) is 5.10 Å². The molecule has 0 aliphatic carbocycles. The predicted molar refractivity (Wildman–Crippen MR) is 75.6 cm³/mol. The molecule has 3 rings (SSSR count). The van der Waals surface area contributed by atoms with Gasteiger partial charge in [-0.1, -0.05) is 0 Å². The number of nitrogens with zero attached hydrogens (tertiary/aromatic N) is 1. The van der Waals surface area contributed by atoms with E-state index in [0.717, 1.165) is 5.76 Å². The third-order valence-corrected chi connectivity index (χ3v) is 3.13. The summed E-state index contributed by atoms with van der Waals surface area (Å²) >= 11 is 0. The van der Waals surface area contributed by atoms with Crippen molar-refractivity contribution in [2.75, 3.05) is 0 Å². The first kappa shape index (κ1) is 13.2. The van der Waals surface area contributed by atoms with E-state index >= 15 is 0 Å². The molecule has 3 aromatic rings. The Hall–Kier alpha value is -2.76. The van der Waals surface area contributed by atoms with Crippen LogP contribution in [0.5, 0.6) is 0 Å². The smallest absolute Gasteiger partial charge is 0.272 e. The maximum atomic E-state index is 12.2. The van der Waals surface area contributed by atoms with Gasteiger partial charge in [0.25, 0.3) is 5.91 Å². The second-order valence-electron chi connectivity index (χ2n) is 4.79. The van der Waals surface area contributed by atoms with Gasteiger partial charge in [0.1, 0.15) is 17.2 Å². The molecular formula is C15H15N3O3. The molecular weight excluding hydrogens is 270 g/mol. The Balaban J connectivity index is 1.71. The van der Waals surface area contributed by atoms with Gasteiger partial charge in [-0.15, -0.1) is 0 Å². The number of aromatic nitrogens is 2. The molecule has 0 bridgehead atoms. The van der Waals surface area contributed by atoms with Crippen molar-refractivity contribution in [2.45, 2.75) is 19.9 Å². The molecule has 0 fully saturated rings. The minimum absolute atomic E-state index is 0.227. The molecule has 6 nitrogen and oxygen atoms in total. The SMILES string of the molecule is Cc1ccc([C@@H](C)NC(=O)c2cc(-c3ccco3)[nH]n2)o1. The van der Waals surface area contributed by atoms with Crippen molar-refractivity contribution in [3.05, 3.63) is 53.8 Å². The summed E-state index contributed by atoms with van der Waals surface area (Å²) in [5.74, 6) is 1.88. The van der Waals surface area contributed by atoms with Crippen LogP contribution in [0, 0.1) is 6.92 Å². The normalized spacial score (nSPS) is 12.3. The van der Waals surface area contributed by atoms with Crippen LogP contribution in [0.4, 0.5) is 0 Å². The molecule has 0 spiro atoms. The van der Waals surface area contributed by atoms with Gasteiger partial charge in [0, 0.05) is 6.07 Å². The molecule has 3 aromatic heterocycles. The lowest BCUT2D eigenvalue weighted by Gasteiger charge is -2.09. The highest BCUT2D eigenvalue weighted by atomic mass is 16.3. The Labute approximate surface area is 121 Å². The monoisotopic (exact) mass is 285 g/mol. The number of amides is 1. The van der Waals surface area contributed by atoms with Gasteiger partial charge in [0.2, 0.25) is 0 Å². The maximum absolute atomic E-state index is 12.2. The number of carbonyl (C=O) groups is 1. The fourth-order valence-electron chi connectivity index (χ4n) is 2.02. The quantitative estimate of drug-likeness (QED) is 0.771. The average Bonchev–Trinajstić information content (AvgIpc) is 3.19. The molecule has 0 aliphatic heterocycles. The standard InChI is InChI=1S/C15H15N3O3/c1-9-5-6-13(21-9)10(2)16-15(19)12-8-11(17-18-12)14-4-3-7-20-14/h3-8,10H,1-2H3,(H,16,19)(H,17,18)/t10-/m1/s1. The van der Waals surface area contributed by atoms with Crippen LogP contribution in [0.3, 0.4) is 0 Å². The zero-order valence-electron chi connectivity index (χ0n) is 11.7. The molecule has 0 saturated carbocycles. The van der Waals surface area contributed by atoms with Gasteiger partial charge >= 0.3 is 0 Å². The number of rotatable bonds is 4. The molecule has 1 atom stereocenters. The molecule has 21 heavy (non-hydrogen) atoms. The summed E-state index contributed by atoms with van der Waals surface area (Å²) in [4.78, 5) is 12.2. The summed E-state index contributed by atoms with van der Waals surface area (Å²) in [7, 11) is 0. The van der Waals surface area contributed by atoms with E-state index in [-0.39, 0.29) is 11.9 Å². The Morgan fingerprint density at radius 3 is 2.90 bits per heavy atom. The van der Waals surface area contributed by atoms with E-state index in [1.54, 1.807) is 24.5 Å². The van der Waals surface area contributed by atoms with Crippen LogP contribution in [0.1, 0.15) is 35.0 Å². The molecule has 3 heterocycles. The first-order chi connectivity index (χ1) is 10.1. The highest BCUT2D eigenvalue weighted by Gasteiger charge is 2.17. The minimum atomic E-state index is -0.273. The molecule has 0 unspecified atom stereocenters. The topological polar surface area (TPSA) is 84.1 Å². The first-order valence-corrected chi connectivity index (χ1v) is 6.60. The van der Waals surface area contributed by atoms with Crippen molar-refractivity contribution in [3.8, 4) is 11.5 Å². The molecule has 108 valence electrons. The Bertz CT molecular complexity index is 740. The molecule has 1 amide bonds. The zero-order valence-corrected chi connectivity index (χ0v) is 11.7. The molecule has 0 radical (unpaired) electrons. The summed E-state index contributed by atoms with van der Waals surface area (Å²) in [5.41, 5.74) is 0.961. The highest BCUT2D eigenvalue weighted by Crippen LogP contribution is 2.19. The number of aromatic amines is 1. The number of hydrogen-bond donors (Lipinski definition) is 2. The summed E-state index contributed by atoms with van der Waals surface area (Å²) in [6.45, 7) is 3.72. The van der Waals surface area contributed by atoms with Gasteiger partial charge in [-0.3, -0.25) is 9.89 Å². The fraction of sp³-hybridized carbons (Fsp3) is 0.200. The minimum Gasteiger partial charge on any atom is -0.464 e. The van der Waals surface area contributed by atoms with Gasteiger partial charge in [-0.05, 0) is 38.1 Å². The van der Waals surface area contributed by atoms with Gasteiger partial charge < -0.3 is 14.2 Å². The fourth-order valence-corrected chi connectivity index (χ4v) is 2.02. The predicted octanol–water partition coefficient (Wildman–Crippen LogP) is 3.06. The Kier molecular flexibility index (Phi) is 3.35. The van der Waals surface area contributed by atoms with Crippen LogP contribution in [0.2, 0.25) is 0 Å². The first-order valence-electron chi connectivity index (χ1n) is 6.60. The molecule has 2 N–H and O–H groups in total. The lowest BCUT2D eigenvalue weighted by molar-refractivity contribution is 0.0930. The summed E-state index contributed by atoms with van der Waals surface area (Å²) < 4.78 is 10.7. The summed E-state index contributed by atoms with van der Waals surface area (Å²) in [6.07, 6.45) is 1.57. The Morgan fingerprint density at radius 1 is 1.38 bits per heavy atom.